The van der Waals surface area contributed by atoms with Gasteiger partial charge in [-0.15, -0.1) is 0 Å². The molecule has 0 saturated carbocycles. The van der Waals surface area contributed by atoms with Crippen molar-refractivity contribution in [3.05, 3.63) is 22.7 Å². The van der Waals surface area contributed by atoms with Crippen LogP contribution in [0.1, 0.15) is 0 Å². The molecule has 4 nitrogen and oxygen atoms in total. The molecule has 1 aromatic carbocycles. The smallest absolute Gasteiger partial charge is 0.133 e. The van der Waals surface area contributed by atoms with E-state index in [9.17, 15) is 0 Å². The molecule has 0 atom stereocenters. The van der Waals surface area contributed by atoms with Crippen molar-refractivity contribution in [3.63, 3.8) is 0 Å². The van der Waals surface area contributed by atoms with Gasteiger partial charge in [0.25, 0.3) is 0 Å². The average molecular weight is 246 g/mol. The molecule has 0 unspecified atom stereocenters. The van der Waals surface area contributed by atoms with Gasteiger partial charge in [0.1, 0.15) is 5.75 Å². The minimum absolute atomic E-state index is 0.527. The summed E-state index contributed by atoms with van der Waals surface area (Å²) in [5.41, 5.74) is 3.48. The third kappa shape index (κ3) is 2.87. The van der Waals surface area contributed by atoms with Gasteiger partial charge in [0.15, 0.2) is 0 Å². The summed E-state index contributed by atoms with van der Waals surface area (Å²) in [4.78, 5) is 0. The number of halogens is 1. The van der Waals surface area contributed by atoms with Crippen LogP contribution in [0.25, 0.3) is 0 Å². The van der Waals surface area contributed by atoms with Crippen LogP contribution >= 0.6 is 15.9 Å². The molecule has 0 saturated heterocycles. The maximum Gasteiger partial charge on any atom is 0.133 e. The monoisotopic (exact) mass is 245 g/mol. The van der Waals surface area contributed by atoms with Crippen LogP contribution in [0.15, 0.2) is 22.7 Å². The molecule has 5 heteroatoms. The van der Waals surface area contributed by atoms with Gasteiger partial charge in [0.2, 0.25) is 0 Å². The number of rotatable bonds is 4. The molecule has 0 amide bonds. The molecule has 1 rings (SSSR count). The van der Waals surface area contributed by atoms with Crippen molar-refractivity contribution in [1.29, 1.82) is 0 Å². The highest BCUT2D eigenvalue weighted by Crippen LogP contribution is 2.27. The van der Waals surface area contributed by atoms with E-state index in [0.717, 1.165) is 15.9 Å². The molecule has 1 aromatic rings. The number of methoxy groups -OCH3 is 1. The number of ether oxygens (including phenoxy) is 1. The Kier molecular flexibility index (Phi) is 4.01. The maximum absolute atomic E-state index is 5.12. The Morgan fingerprint density at radius 2 is 2.31 bits per heavy atom. The molecule has 13 heavy (non-hydrogen) atoms. The third-order valence-corrected chi connectivity index (χ3v) is 2.17. The molecule has 0 spiro atoms. The standard InChI is InChI=1S/C8H12BrN3O/c1-13-8-3-2-6(4-7(8)9)11-5-12-10/h2-4,11-12H,5,10H2,1H3. The maximum atomic E-state index is 5.12. The summed E-state index contributed by atoms with van der Waals surface area (Å²) in [6, 6.07) is 5.72. The molecule has 4 N–H and O–H groups in total. The van der Waals surface area contributed by atoms with E-state index in [-0.39, 0.29) is 0 Å². The van der Waals surface area contributed by atoms with E-state index in [4.69, 9.17) is 10.6 Å². The summed E-state index contributed by atoms with van der Waals surface area (Å²) < 4.78 is 6.00. The van der Waals surface area contributed by atoms with Gasteiger partial charge in [-0.25, -0.2) is 5.43 Å². The SMILES string of the molecule is COc1ccc(NCNN)cc1Br. The minimum atomic E-state index is 0.527. The summed E-state index contributed by atoms with van der Waals surface area (Å²) in [7, 11) is 1.63. The number of nitrogens with two attached hydrogens (primary N) is 1. The Balaban J connectivity index is 2.71. The predicted molar refractivity (Wildman–Crippen MR) is 56.5 cm³/mol. The predicted octanol–water partition coefficient (Wildman–Crippen LogP) is 1.29. The quantitative estimate of drug-likeness (QED) is 0.425. The zero-order valence-corrected chi connectivity index (χ0v) is 8.89. The first-order valence-corrected chi connectivity index (χ1v) is 4.58. The zero-order chi connectivity index (χ0) is 9.68. The van der Waals surface area contributed by atoms with E-state index in [1.165, 1.54) is 0 Å². The number of anilines is 1. The van der Waals surface area contributed by atoms with E-state index in [1.54, 1.807) is 7.11 Å². The van der Waals surface area contributed by atoms with E-state index in [2.05, 4.69) is 26.7 Å². The van der Waals surface area contributed by atoms with Gasteiger partial charge in [-0.2, -0.15) is 0 Å². The van der Waals surface area contributed by atoms with Gasteiger partial charge in [-0.05, 0) is 34.1 Å². The van der Waals surface area contributed by atoms with Crippen LogP contribution in [0.3, 0.4) is 0 Å². The minimum Gasteiger partial charge on any atom is -0.496 e. The number of benzene rings is 1. The Labute approximate surface area is 85.6 Å². The molecule has 0 aromatic heterocycles. The van der Waals surface area contributed by atoms with E-state index < -0.39 is 0 Å². The molecule has 0 bridgehead atoms. The molecular formula is C8H12BrN3O. The average Bonchev–Trinajstić information content (AvgIpc) is 2.15. The van der Waals surface area contributed by atoms with Crippen molar-refractivity contribution >= 4 is 21.6 Å². The second-order valence-corrected chi connectivity index (χ2v) is 3.26. The number of hydrogen-bond donors (Lipinski definition) is 3. The molecule has 72 valence electrons. The molecule has 0 aliphatic heterocycles. The fourth-order valence-corrected chi connectivity index (χ4v) is 1.47. The Hall–Kier alpha value is -0.780. The number of nitrogens with one attached hydrogen (secondary N) is 2. The second-order valence-electron chi connectivity index (χ2n) is 2.41. The van der Waals surface area contributed by atoms with Crippen molar-refractivity contribution in [2.24, 2.45) is 5.84 Å². The van der Waals surface area contributed by atoms with Crippen LogP contribution < -0.4 is 21.3 Å². The van der Waals surface area contributed by atoms with Crippen molar-refractivity contribution < 1.29 is 4.74 Å². The fraction of sp³-hybridized carbons (Fsp3) is 0.250. The summed E-state index contributed by atoms with van der Waals surface area (Å²) >= 11 is 3.38. The van der Waals surface area contributed by atoms with E-state index >= 15 is 0 Å². The summed E-state index contributed by atoms with van der Waals surface area (Å²) in [5.74, 6) is 5.93. The van der Waals surface area contributed by atoms with Crippen molar-refractivity contribution in [2.75, 3.05) is 19.1 Å². The van der Waals surface area contributed by atoms with E-state index in [0.29, 0.717) is 6.67 Å². The van der Waals surface area contributed by atoms with Gasteiger partial charge < -0.3 is 10.1 Å². The van der Waals surface area contributed by atoms with Crippen LogP contribution in [0.2, 0.25) is 0 Å². The summed E-state index contributed by atoms with van der Waals surface area (Å²) in [5, 5.41) is 3.06. The normalized spacial score (nSPS) is 9.77. The number of hydrogen-bond acceptors (Lipinski definition) is 4. The highest BCUT2D eigenvalue weighted by atomic mass is 79.9. The van der Waals surface area contributed by atoms with Gasteiger partial charge in [-0.1, -0.05) is 0 Å². The molecule has 0 aliphatic carbocycles. The lowest BCUT2D eigenvalue weighted by Gasteiger charge is -2.07. The molecular weight excluding hydrogens is 234 g/mol. The first-order valence-electron chi connectivity index (χ1n) is 3.79. The molecule has 0 aliphatic rings. The Morgan fingerprint density at radius 3 is 2.85 bits per heavy atom. The highest BCUT2D eigenvalue weighted by molar-refractivity contribution is 9.10. The van der Waals surface area contributed by atoms with Crippen LogP contribution in [0.5, 0.6) is 5.75 Å². The van der Waals surface area contributed by atoms with Gasteiger partial charge in [0.05, 0.1) is 18.3 Å². The lowest BCUT2D eigenvalue weighted by molar-refractivity contribution is 0.412. The molecule has 0 radical (unpaired) electrons. The van der Waals surface area contributed by atoms with Crippen molar-refractivity contribution in [1.82, 2.24) is 5.43 Å². The first kappa shape index (κ1) is 10.3. The van der Waals surface area contributed by atoms with Gasteiger partial charge in [0, 0.05) is 5.69 Å². The Morgan fingerprint density at radius 1 is 1.54 bits per heavy atom. The van der Waals surface area contributed by atoms with Crippen LogP contribution in [0, 0.1) is 0 Å². The van der Waals surface area contributed by atoms with Gasteiger partial charge >= 0.3 is 0 Å². The summed E-state index contributed by atoms with van der Waals surface area (Å²) in [6.07, 6.45) is 0. The van der Waals surface area contributed by atoms with E-state index in [1.807, 2.05) is 18.2 Å². The molecule has 0 fully saturated rings. The van der Waals surface area contributed by atoms with Gasteiger partial charge in [-0.3, -0.25) is 5.84 Å². The van der Waals surface area contributed by atoms with Crippen molar-refractivity contribution in [2.45, 2.75) is 0 Å². The zero-order valence-electron chi connectivity index (χ0n) is 7.30. The second kappa shape index (κ2) is 5.06. The van der Waals surface area contributed by atoms with Crippen LogP contribution in [-0.2, 0) is 0 Å². The first-order chi connectivity index (χ1) is 6.27. The topological polar surface area (TPSA) is 59.3 Å². The lowest BCUT2D eigenvalue weighted by atomic mass is 10.3. The van der Waals surface area contributed by atoms with Crippen LogP contribution in [-0.4, -0.2) is 13.8 Å². The lowest BCUT2D eigenvalue weighted by Crippen LogP contribution is -2.28. The largest absolute Gasteiger partial charge is 0.496 e. The Bertz CT molecular complexity index is 280. The summed E-state index contributed by atoms with van der Waals surface area (Å²) in [6.45, 7) is 0.527. The highest BCUT2D eigenvalue weighted by Gasteiger charge is 1.99. The number of hydrazine groups is 1. The fourth-order valence-electron chi connectivity index (χ4n) is 0.929. The van der Waals surface area contributed by atoms with Crippen molar-refractivity contribution in [3.8, 4) is 5.75 Å². The third-order valence-electron chi connectivity index (χ3n) is 1.55. The molecule has 0 heterocycles. The van der Waals surface area contributed by atoms with Crippen LogP contribution in [0.4, 0.5) is 5.69 Å².